The van der Waals surface area contributed by atoms with E-state index >= 15 is 0 Å². The van der Waals surface area contributed by atoms with Gasteiger partial charge in [-0.3, -0.25) is 0 Å². The lowest BCUT2D eigenvalue weighted by Crippen LogP contribution is -2.26. The fourth-order valence-electron chi connectivity index (χ4n) is 4.50. The van der Waals surface area contributed by atoms with Crippen molar-refractivity contribution in [2.75, 3.05) is 13.6 Å². The first-order valence-electron chi connectivity index (χ1n) is 9.45. The topological polar surface area (TPSA) is 23.4 Å². The molecule has 0 saturated heterocycles. The normalized spacial score (nSPS) is 19.9. The third kappa shape index (κ3) is 3.38. The van der Waals surface area contributed by atoms with E-state index in [1.165, 1.54) is 30.4 Å². The maximum Gasteiger partial charge on any atom is 0.211 e. The van der Waals surface area contributed by atoms with E-state index in [2.05, 4.69) is 70.3 Å². The summed E-state index contributed by atoms with van der Waals surface area (Å²) in [4.78, 5) is 9.31. The number of benzene rings is 2. The third-order valence-corrected chi connectivity index (χ3v) is 5.73. The van der Waals surface area contributed by atoms with Gasteiger partial charge in [-0.25, -0.2) is 4.85 Å². The van der Waals surface area contributed by atoms with Crippen LogP contribution in [0.4, 0.5) is 5.69 Å². The molecule has 26 heavy (non-hydrogen) atoms. The van der Waals surface area contributed by atoms with Gasteiger partial charge < -0.3 is 9.88 Å². The molecule has 3 heteroatoms. The second kappa shape index (κ2) is 7.35. The largest absolute Gasteiger partial charge is 0.372 e. The van der Waals surface area contributed by atoms with Gasteiger partial charge >= 0.3 is 0 Å². The molecule has 1 aliphatic rings. The Balaban J connectivity index is 1.50. The molecule has 4 rings (SSSR count). The second-order valence-corrected chi connectivity index (χ2v) is 7.57. The average molecular weight is 343 g/mol. The van der Waals surface area contributed by atoms with Crippen LogP contribution in [0.3, 0.4) is 0 Å². The lowest BCUT2D eigenvalue weighted by molar-refractivity contribution is 0.258. The summed E-state index contributed by atoms with van der Waals surface area (Å²) in [6, 6.07) is 17.4. The minimum absolute atomic E-state index is 0.603. The highest BCUT2D eigenvalue weighted by Crippen LogP contribution is 2.41. The van der Waals surface area contributed by atoms with E-state index in [4.69, 9.17) is 6.57 Å². The summed E-state index contributed by atoms with van der Waals surface area (Å²) in [7, 11) is 2.23. The Bertz CT molecular complexity index is 920. The third-order valence-electron chi connectivity index (χ3n) is 5.73. The minimum Gasteiger partial charge on any atom is -0.372 e. The van der Waals surface area contributed by atoms with Crippen molar-refractivity contribution in [2.24, 2.45) is 5.92 Å². The summed E-state index contributed by atoms with van der Waals surface area (Å²) in [6.45, 7) is 9.49. The maximum atomic E-state index is 7.36. The number of rotatable bonds is 5. The van der Waals surface area contributed by atoms with Crippen LogP contribution in [0.2, 0.25) is 0 Å². The molecular weight excluding hydrogens is 318 g/mol. The smallest absolute Gasteiger partial charge is 0.211 e. The molecule has 132 valence electrons. The number of aromatic amines is 1. The van der Waals surface area contributed by atoms with Gasteiger partial charge in [-0.1, -0.05) is 48.9 Å². The molecule has 0 aliphatic heterocycles. The highest BCUT2D eigenvalue weighted by molar-refractivity contribution is 5.93. The van der Waals surface area contributed by atoms with Crippen LogP contribution in [0.5, 0.6) is 0 Å². The van der Waals surface area contributed by atoms with Gasteiger partial charge in [0.25, 0.3) is 0 Å². The average Bonchev–Trinajstić information content (AvgIpc) is 3.28. The standard InChI is InChI=1S/C23H25N3/c1-24-23-14-25-22-12-11-18(13-21(22)23)20-10-6-9-19(20)16-26(2)15-17-7-4-3-5-8-17/h3-5,7-8,11-14,19-20,25H,6,9-10,15-16H2,2H3/t19-,20-/m1/s1. The fraction of sp³-hybridized carbons (Fsp3) is 0.348. The fourth-order valence-corrected chi connectivity index (χ4v) is 4.50. The highest BCUT2D eigenvalue weighted by atomic mass is 15.1. The molecule has 0 amide bonds. The van der Waals surface area contributed by atoms with E-state index in [1.807, 2.05) is 6.20 Å². The molecule has 1 aromatic heterocycles. The summed E-state index contributed by atoms with van der Waals surface area (Å²) >= 11 is 0. The zero-order valence-electron chi connectivity index (χ0n) is 15.3. The van der Waals surface area contributed by atoms with Gasteiger partial charge in [0.15, 0.2) is 0 Å². The Hall–Kier alpha value is -2.57. The van der Waals surface area contributed by atoms with Crippen LogP contribution in [-0.2, 0) is 6.54 Å². The van der Waals surface area contributed by atoms with Gasteiger partial charge in [-0.2, -0.15) is 0 Å². The molecule has 0 bridgehead atoms. The zero-order chi connectivity index (χ0) is 17.9. The molecular formula is C23H25N3. The number of nitrogens with zero attached hydrogens (tertiary/aromatic N) is 2. The lowest BCUT2D eigenvalue weighted by atomic mass is 9.88. The summed E-state index contributed by atoms with van der Waals surface area (Å²) in [5.41, 5.74) is 4.57. The van der Waals surface area contributed by atoms with Crippen molar-refractivity contribution in [1.29, 1.82) is 0 Å². The van der Waals surface area contributed by atoms with Gasteiger partial charge in [0.2, 0.25) is 5.69 Å². The van der Waals surface area contributed by atoms with Crippen LogP contribution in [0, 0.1) is 12.5 Å². The molecule has 1 N–H and O–H groups in total. The summed E-state index contributed by atoms with van der Waals surface area (Å²) in [5.74, 6) is 1.29. The van der Waals surface area contributed by atoms with Gasteiger partial charge in [0.05, 0.1) is 6.57 Å². The van der Waals surface area contributed by atoms with Crippen molar-refractivity contribution in [1.82, 2.24) is 9.88 Å². The first-order chi connectivity index (χ1) is 12.7. The van der Waals surface area contributed by atoms with E-state index in [0.29, 0.717) is 11.8 Å². The zero-order valence-corrected chi connectivity index (χ0v) is 15.3. The number of hydrogen-bond acceptors (Lipinski definition) is 1. The molecule has 1 fully saturated rings. The molecule has 1 aliphatic carbocycles. The Morgan fingerprint density at radius 1 is 1.15 bits per heavy atom. The number of aromatic nitrogens is 1. The molecule has 0 spiro atoms. The van der Waals surface area contributed by atoms with Crippen molar-refractivity contribution in [3.63, 3.8) is 0 Å². The van der Waals surface area contributed by atoms with Crippen LogP contribution in [0.25, 0.3) is 15.7 Å². The van der Waals surface area contributed by atoms with Crippen LogP contribution < -0.4 is 0 Å². The van der Waals surface area contributed by atoms with Gasteiger partial charge in [0, 0.05) is 30.2 Å². The van der Waals surface area contributed by atoms with Gasteiger partial charge in [-0.05, 0) is 48.9 Å². The number of hydrogen-bond donors (Lipinski definition) is 1. The van der Waals surface area contributed by atoms with Crippen molar-refractivity contribution in [2.45, 2.75) is 31.7 Å². The van der Waals surface area contributed by atoms with Crippen LogP contribution >= 0.6 is 0 Å². The molecule has 3 nitrogen and oxygen atoms in total. The summed E-state index contributed by atoms with van der Waals surface area (Å²) < 4.78 is 0. The molecule has 0 unspecified atom stereocenters. The molecule has 1 saturated carbocycles. The van der Waals surface area contributed by atoms with E-state index in [-0.39, 0.29) is 0 Å². The molecule has 2 aromatic carbocycles. The van der Waals surface area contributed by atoms with Gasteiger partial charge in [-0.15, -0.1) is 0 Å². The molecule has 0 radical (unpaired) electrons. The summed E-state index contributed by atoms with van der Waals surface area (Å²) in [5, 5.41) is 1.07. The molecule has 1 heterocycles. The monoisotopic (exact) mass is 343 g/mol. The quantitative estimate of drug-likeness (QED) is 0.587. The van der Waals surface area contributed by atoms with Gasteiger partial charge in [0.1, 0.15) is 0 Å². The van der Waals surface area contributed by atoms with Crippen LogP contribution in [-0.4, -0.2) is 23.5 Å². The van der Waals surface area contributed by atoms with Crippen LogP contribution in [0.15, 0.2) is 54.7 Å². The first-order valence-corrected chi connectivity index (χ1v) is 9.45. The Morgan fingerprint density at radius 3 is 2.81 bits per heavy atom. The van der Waals surface area contributed by atoms with E-state index in [1.54, 1.807) is 0 Å². The van der Waals surface area contributed by atoms with Crippen molar-refractivity contribution < 1.29 is 0 Å². The Morgan fingerprint density at radius 2 is 2.00 bits per heavy atom. The van der Waals surface area contributed by atoms with Crippen molar-refractivity contribution in [3.8, 4) is 0 Å². The summed E-state index contributed by atoms with van der Waals surface area (Å²) in [6.07, 6.45) is 5.67. The van der Waals surface area contributed by atoms with E-state index in [0.717, 1.165) is 29.7 Å². The van der Waals surface area contributed by atoms with E-state index in [9.17, 15) is 0 Å². The first kappa shape index (κ1) is 16.9. The molecule has 2 atom stereocenters. The minimum atomic E-state index is 0.603. The Labute approximate surface area is 155 Å². The maximum absolute atomic E-state index is 7.36. The van der Waals surface area contributed by atoms with Crippen LogP contribution in [0.1, 0.15) is 36.3 Å². The second-order valence-electron chi connectivity index (χ2n) is 7.57. The SMILES string of the molecule is [C-]#[N+]c1c[nH]c2ccc([C@H]3CCC[C@@H]3CN(C)Cc3ccccc3)cc12. The Kier molecular flexibility index (Phi) is 4.77. The highest BCUT2D eigenvalue weighted by Gasteiger charge is 2.29. The lowest BCUT2D eigenvalue weighted by Gasteiger charge is -2.26. The van der Waals surface area contributed by atoms with E-state index < -0.39 is 0 Å². The molecule has 3 aromatic rings. The predicted octanol–water partition coefficient (Wildman–Crippen LogP) is 5.73. The number of fused-ring (bicyclic) bond motifs is 1. The van der Waals surface area contributed by atoms with Crippen molar-refractivity contribution in [3.05, 3.63) is 77.3 Å². The number of nitrogens with one attached hydrogen (secondary N) is 1. The van der Waals surface area contributed by atoms with Crippen molar-refractivity contribution >= 4 is 16.6 Å². The predicted molar refractivity (Wildman–Crippen MR) is 107 cm³/mol. The number of H-pyrrole nitrogens is 1.